The molecule has 1 atom stereocenters. The second-order valence-electron chi connectivity index (χ2n) is 6.04. The molecule has 0 bridgehead atoms. The minimum atomic E-state index is -0.725. The number of rotatable bonds is 4. The molecule has 0 aromatic heterocycles. The van der Waals surface area contributed by atoms with E-state index in [1.165, 1.54) is 4.90 Å². The van der Waals surface area contributed by atoms with E-state index < -0.39 is 22.8 Å². The molecule has 2 amide bonds. The van der Waals surface area contributed by atoms with Crippen LogP contribution in [0, 0.1) is 18.6 Å². The summed E-state index contributed by atoms with van der Waals surface area (Å²) in [5.74, 6) is -2.08. The summed E-state index contributed by atoms with van der Waals surface area (Å²) in [7, 11) is 0. The Morgan fingerprint density at radius 3 is 2.63 bits per heavy atom. The van der Waals surface area contributed by atoms with Crippen LogP contribution in [-0.4, -0.2) is 28.8 Å². The van der Waals surface area contributed by atoms with Crippen LogP contribution < -0.4 is 10.2 Å². The van der Waals surface area contributed by atoms with Gasteiger partial charge in [0.25, 0.3) is 5.91 Å². The first-order valence-electron chi connectivity index (χ1n) is 8.22. The van der Waals surface area contributed by atoms with Crippen LogP contribution in [0.5, 0.6) is 0 Å². The molecule has 1 heterocycles. The highest BCUT2D eigenvalue weighted by Gasteiger charge is 2.30. The Bertz CT molecular complexity index is 916. The number of thioether (sulfide) groups is 1. The zero-order chi connectivity index (χ0) is 19.6. The summed E-state index contributed by atoms with van der Waals surface area (Å²) in [5, 5.41) is 2.08. The smallest absolute Gasteiger partial charge is 0.254 e. The molecule has 0 saturated heterocycles. The minimum absolute atomic E-state index is 0.00305. The molecule has 0 unspecified atom stereocenters. The summed E-state index contributed by atoms with van der Waals surface area (Å²) in [6.45, 7) is 3.55. The molecule has 2 aromatic carbocycles. The number of aliphatic imine (C=N–C) groups is 1. The average Bonchev–Trinajstić information content (AvgIpc) is 2.99. The maximum Gasteiger partial charge on any atom is 0.254 e. The van der Waals surface area contributed by atoms with Gasteiger partial charge in [0.1, 0.15) is 18.2 Å². The third-order valence-electron chi connectivity index (χ3n) is 3.92. The fourth-order valence-corrected chi connectivity index (χ4v) is 3.39. The number of carbonyl (C=O) groups is 2. The van der Waals surface area contributed by atoms with Gasteiger partial charge in [0.05, 0.1) is 16.6 Å². The van der Waals surface area contributed by atoms with E-state index in [1.54, 1.807) is 6.92 Å². The standard InChI is InChI=1S/C19H17F2N3O2S/c1-11-3-6-14(7-4-11)24-17(25)10-22-19(24)27-12(2)18(26)23-16-9-13(20)5-8-15(16)21/h3-9,12H,10H2,1-2H3,(H,23,26)/t12-/m0/s1. The Labute approximate surface area is 159 Å². The van der Waals surface area contributed by atoms with Crippen molar-refractivity contribution in [3.8, 4) is 0 Å². The van der Waals surface area contributed by atoms with Gasteiger partial charge in [0.2, 0.25) is 5.91 Å². The van der Waals surface area contributed by atoms with Gasteiger partial charge in [-0.15, -0.1) is 0 Å². The number of aryl methyl sites for hydroxylation is 1. The third-order valence-corrected chi connectivity index (χ3v) is 5.01. The highest BCUT2D eigenvalue weighted by Crippen LogP contribution is 2.27. The summed E-state index contributed by atoms with van der Waals surface area (Å²) in [6, 6.07) is 10.2. The number of amides is 2. The van der Waals surface area contributed by atoms with Crippen LogP contribution in [0.1, 0.15) is 12.5 Å². The van der Waals surface area contributed by atoms with Crippen LogP contribution in [0.25, 0.3) is 0 Å². The Morgan fingerprint density at radius 1 is 1.22 bits per heavy atom. The van der Waals surface area contributed by atoms with E-state index in [-0.39, 0.29) is 18.1 Å². The molecule has 2 aromatic rings. The fraction of sp³-hybridized carbons (Fsp3) is 0.211. The van der Waals surface area contributed by atoms with Crippen molar-refractivity contribution in [2.75, 3.05) is 16.8 Å². The lowest BCUT2D eigenvalue weighted by atomic mass is 10.2. The van der Waals surface area contributed by atoms with Crippen molar-refractivity contribution in [2.45, 2.75) is 19.1 Å². The third kappa shape index (κ3) is 4.33. The molecular formula is C19H17F2N3O2S. The monoisotopic (exact) mass is 389 g/mol. The number of hydrogen-bond acceptors (Lipinski definition) is 4. The van der Waals surface area contributed by atoms with Gasteiger partial charge in [-0.3, -0.25) is 19.5 Å². The average molecular weight is 389 g/mol. The van der Waals surface area contributed by atoms with E-state index in [1.807, 2.05) is 31.2 Å². The SMILES string of the molecule is Cc1ccc(N2C(=O)CN=C2S[C@@H](C)C(=O)Nc2cc(F)ccc2F)cc1. The van der Waals surface area contributed by atoms with Crippen LogP contribution in [0.4, 0.5) is 20.2 Å². The normalized spacial score (nSPS) is 14.9. The Kier molecular flexibility index (Phi) is 5.55. The molecule has 27 heavy (non-hydrogen) atoms. The molecule has 0 aliphatic carbocycles. The molecule has 0 spiro atoms. The van der Waals surface area contributed by atoms with Gasteiger partial charge in [-0.2, -0.15) is 0 Å². The van der Waals surface area contributed by atoms with Crippen molar-refractivity contribution in [1.82, 2.24) is 0 Å². The van der Waals surface area contributed by atoms with Crippen LogP contribution >= 0.6 is 11.8 Å². The lowest BCUT2D eigenvalue weighted by Gasteiger charge is -2.20. The van der Waals surface area contributed by atoms with Gasteiger partial charge < -0.3 is 5.32 Å². The van der Waals surface area contributed by atoms with Gasteiger partial charge >= 0.3 is 0 Å². The molecule has 5 nitrogen and oxygen atoms in total. The molecule has 0 fully saturated rings. The van der Waals surface area contributed by atoms with Crippen molar-refractivity contribution < 1.29 is 18.4 Å². The lowest BCUT2D eigenvalue weighted by molar-refractivity contribution is -0.116. The van der Waals surface area contributed by atoms with Gasteiger partial charge in [-0.25, -0.2) is 8.78 Å². The van der Waals surface area contributed by atoms with E-state index in [0.717, 1.165) is 35.5 Å². The molecule has 1 aliphatic heterocycles. The first kappa shape index (κ1) is 19.0. The molecule has 8 heteroatoms. The van der Waals surface area contributed by atoms with Crippen molar-refractivity contribution in [2.24, 2.45) is 4.99 Å². The minimum Gasteiger partial charge on any atom is -0.323 e. The summed E-state index contributed by atoms with van der Waals surface area (Å²) in [6.07, 6.45) is 0. The van der Waals surface area contributed by atoms with E-state index in [9.17, 15) is 18.4 Å². The quantitative estimate of drug-likeness (QED) is 0.867. The fourth-order valence-electron chi connectivity index (χ4n) is 2.46. The number of carbonyl (C=O) groups excluding carboxylic acids is 2. The summed E-state index contributed by atoms with van der Waals surface area (Å²) < 4.78 is 27.0. The predicted octanol–water partition coefficient (Wildman–Crippen LogP) is 3.74. The second-order valence-corrected chi connectivity index (χ2v) is 7.34. The molecule has 3 rings (SSSR count). The summed E-state index contributed by atoms with van der Waals surface area (Å²) in [4.78, 5) is 30.2. The maximum atomic E-state index is 13.7. The van der Waals surface area contributed by atoms with Gasteiger partial charge in [-0.1, -0.05) is 29.5 Å². The van der Waals surface area contributed by atoms with Crippen LogP contribution in [0.3, 0.4) is 0 Å². The van der Waals surface area contributed by atoms with Crippen molar-refractivity contribution >= 4 is 40.1 Å². The summed E-state index contributed by atoms with van der Waals surface area (Å²) in [5.41, 5.74) is 1.49. The maximum absolute atomic E-state index is 13.7. The Morgan fingerprint density at radius 2 is 1.93 bits per heavy atom. The van der Waals surface area contributed by atoms with Gasteiger partial charge in [0.15, 0.2) is 5.17 Å². The van der Waals surface area contributed by atoms with E-state index in [0.29, 0.717) is 10.9 Å². The molecule has 1 N–H and O–H groups in total. The molecule has 0 radical (unpaired) electrons. The zero-order valence-corrected chi connectivity index (χ0v) is 15.5. The highest BCUT2D eigenvalue weighted by molar-refractivity contribution is 8.15. The van der Waals surface area contributed by atoms with E-state index >= 15 is 0 Å². The number of halogens is 2. The number of benzene rings is 2. The molecule has 140 valence electrons. The van der Waals surface area contributed by atoms with E-state index in [2.05, 4.69) is 10.3 Å². The van der Waals surface area contributed by atoms with Crippen LogP contribution in [-0.2, 0) is 9.59 Å². The number of hydrogen-bond donors (Lipinski definition) is 1. The molecule has 0 saturated carbocycles. The van der Waals surface area contributed by atoms with Gasteiger partial charge in [0, 0.05) is 6.07 Å². The zero-order valence-electron chi connectivity index (χ0n) is 14.7. The first-order valence-corrected chi connectivity index (χ1v) is 9.10. The van der Waals surface area contributed by atoms with Crippen molar-refractivity contribution in [3.05, 3.63) is 59.7 Å². The number of amidine groups is 1. The lowest BCUT2D eigenvalue weighted by Crippen LogP contribution is -2.33. The predicted molar refractivity (Wildman–Crippen MR) is 103 cm³/mol. The Hall–Kier alpha value is -2.74. The van der Waals surface area contributed by atoms with E-state index in [4.69, 9.17) is 0 Å². The Balaban J connectivity index is 1.71. The number of nitrogens with zero attached hydrogens (tertiary/aromatic N) is 2. The summed E-state index contributed by atoms with van der Waals surface area (Å²) >= 11 is 1.08. The van der Waals surface area contributed by atoms with Crippen LogP contribution in [0.2, 0.25) is 0 Å². The van der Waals surface area contributed by atoms with Crippen molar-refractivity contribution in [1.29, 1.82) is 0 Å². The van der Waals surface area contributed by atoms with Crippen LogP contribution in [0.15, 0.2) is 47.5 Å². The van der Waals surface area contributed by atoms with Crippen molar-refractivity contribution in [3.63, 3.8) is 0 Å². The molecular weight excluding hydrogens is 372 g/mol. The first-order chi connectivity index (χ1) is 12.8. The van der Waals surface area contributed by atoms with Gasteiger partial charge in [-0.05, 0) is 38.1 Å². The molecule has 1 aliphatic rings. The second kappa shape index (κ2) is 7.87. The number of nitrogens with one attached hydrogen (secondary N) is 1. The topological polar surface area (TPSA) is 61.8 Å². The highest BCUT2D eigenvalue weighted by atomic mass is 32.2. The number of anilines is 2. The largest absolute Gasteiger partial charge is 0.323 e.